The molecule has 0 saturated carbocycles. The van der Waals surface area contributed by atoms with Crippen LogP contribution < -0.4 is 21.4 Å². The smallest absolute Gasteiger partial charge is 0.354 e. The Morgan fingerprint density at radius 3 is 2.42 bits per heavy atom. The Morgan fingerprint density at radius 2 is 1.82 bits per heavy atom. The van der Waals surface area contributed by atoms with E-state index in [2.05, 4.69) is 10.3 Å². The lowest BCUT2D eigenvalue weighted by molar-refractivity contribution is 0.155. The first-order valence-electron chi connectivity index (χ1n) is 10.6. The van der Waals surface area contributed by atoms with Crippen LogP contribution in [-0.4, -0.2) is 38.2 Å². The molecule has 33 heavy (non-hydrogen) atoms. The Bertz CT molecular complexity index is 1220. The number of nitrogens with one attached hydrogen (secondary N) is 1. The molecule has 0 radical (unpaired) electrons. The van der Waals surface area contributed by atoms with Gasteiger partial charge in [0.1, 0.15) is 11.9 Å². The van der Waals surface area contributed by atoms with Gasteiger partial charge in [-0.2, -0.15) is 4.98 Å². The van der Waals surface area contributed by atoms with Crippen molar-refractivity contribution in [3.8, 4) is 5.75 Å². The van der Waals surface area contributed by atoms with Gasteiger partial charge in [0.05, 0.1) is 13.2 Å². The summed E-state index contributed by atoms with van der Waals surface area (Å²) in [6.07, 6.45) is -1.26. The first-order chi connectivity index (χ1) is 15.9. The van der Waals surface area contributed by atoms with Crippen LogP contribution in [0.4, 0.5) is 11.6 Å². The summed E-state index contributed by atoms with van der Waals surface area (Å²) >= 11 is 5.99. The predicted octanol–water partition coefficient (Wildman–Crippen LogP) is 2.60. The molecule has 2 aromatic carbocycles. The fourth-order valence-corrected chi connectivity index (χ4v) is 3.67. The van der Waals surface area contributed by atoms with Crippen LogP contribution in [0.5, 0.6) is 5.75 Å². The maximum atomic E-state index is 13.4. The summed E-state index contributed by atoms with van der Waals surface area (Å²) in [4.78, 5) is 30.3. The maximum Gasteiger partial charge on any atom is 0.354 e. The lowest BCUT2D eigenvalue weighted by Crippen LogP contribution is -2.44. The molecule has 0 bridgehead atoms. The normalized spacial score (nSPS) is 18.1. The third kappa shape index (κ3) is 5.44. The van der Waals surface area contributed by atoms with Gasteiger partial charge in [0.15, 0.2) is 6.29 Å². The second-order valence-electron chi connectivity index (χ2n) is 7.87. The minimum atomic E-state index is -0.861. The van der Waals surface area contributed by atoms with Gasteiger partial charge in [0, 0.05) is 23.2 Å². The number of aliphatic hydroxyl groups is 1. The summed E-state index contributed by atoms with van der Waals surface area (Å²) < 4.78 is 13.0. The molecule has 1 saturated heterocycles. The zero-order valence-electron chi connectivity index (χ0n) is 18.3. The number of nitrogens with zero attached hydrogens (tertiary/aromatic N) is 3. The van der Waals surface area contributed by atoms with E-state index in [4.69, 9.17) is 21.1 Å². The molecule has 4 rings (SSSR count). The largest absolute Gasteiger partial charge is 0.494 e. The van der Waals surface area contributed by atoms with E-state index in [1.54, 1.807) is 36.4 Å². The molecule has 174 valence electrons. The lowest BCUT2D eigenvalue weighted by Gasteiger charge is -2.17. The van der Waals surface area contributed by atoms with Crippen molar-refractivity contribution in [2.24, 2.45) is 5.92 Å². The third-order valence-electron chi connectivity index (χ3n) is 5.36. The Kier molecular flexibility index (Phi) is 6.83. The second kappa shape index (κ2) is 9.78. The standard InChI is InChI=1S/C23H25ClN4O5/c1-3-32-18-10-8-17(9-11-18)25-21-26-22(30)28(12-14(2)19-20(29)33-19)23(31)27(21)13-15-4-6-16(24)7-5-15/h4-11,14,19-20,29H,3,12-13H2,1-2H3,(H,25,26,30)/t14-,19?,20?/m0/s1. The fourth-order valence-electron chi connectivity index (χ4n) is 3.55. The molecule has 3 aromatic rings. The monoisotopic (exact) mass is 472 g/mol. The Hall–Kier alpha value is -3.14. The highest BCUT2D eigenvalue weighted by molar-refractivity contribution is 6.30. The van der Waals surface area contributed by atoms with Gasteiger partial charge in [-0.3, -0.25) is 4.57 Å². The van der Waals surface area contributed by atoms with Crippen LogP contribution >= 0.6 is 11.6 Å². The van der Waals surface area contributed by atoms with Crippen molar-refractivity contribution in [3.63, 3.8) is 0 Å². The summed E-state index contributed by atoms with van der Waals surface area (Å²) in [6, 6.07) is 14.2. The minimum Gasteiger partial charge on any atom is -0.494 e. The average molecular weight is 473 g/mol. The lowest BCUT2D eigenvalue weighted by atomic mass is 10.1. The number of halogens is 1. The maximum absolute atomic E-state index is 13.4. The van der Waals surface area contributed by atoms with Crippen LogP contribution in [0.3, 0.4) is 0 Å². The molecule has 10 heteroatoms. The van der Waals surface area contributed by atoms with Gasteiger partial charge >= 0.3 is 11.4 Å². The number of hydrogen-bond acceptors (Lipinski definition) is 7. The van der Waals surface area contributed by atoms with Crippen molar-refractivity contribution in [2.45, 2.75) is 39.3 Å². The van der Waals surface area contributed by atoms with E-state index in [1.165, 1.54) is 4.57 Å². The topological polar surface area (TPSA) is 111 Å². The minimum absolute atomic E-state index is 0.0797. The molecule has 2 N–H and O–H groups in total. The van der Waals surface area contributed by atoms with Crippen molar-refractivity contribution in [3.05, 3.63) is 80.1 Å². The summed E-state index contributed by atoms with van der Waals surface area (Å²) in [6.45, 7) is 4.52. The number of epoxide rings is 1. The molecule has 3 atom stereocenters. The van der Waals surface area contributed by atoms with Gasteiger partial charge in [-0.25, -0.2) is 14.2 Å². The van der Waals surface area contributed by atoms with Gasteiger partial charge in [-0.05, 0) is 48.9 Å². The van der Waals surface area contributed by atoms with Crippen molar-refractivity contribution in [2.75, 3.05) is 11.9 Å². The molecule has 2 heterocycles. The average Bonchev–Trinajstić information content (AvgIpc) is 3.53. The molecule has 2 unspecified atom stereocenters. The second-order valence-corrected chi connectivity index (χ2v) is 8.31. The molecule has 0 amide bonds. The Morgan fingerprint density at radius 1 is 1.15 bits per heavy atom. The first-order valence-corrected chi connectivity index (χ1v) is 11.0. The first kappa shape index (κ1) is 23.0. The SMILES string of the molecule is CCOc1ccc(Nc2nc(=O)n(C[C@H](C)C3OC3O)c(=O)n2Cc2ccc(Cl)cc2)cc1. The number of anilines is 2. The van der Waals surface area contributed by atoms with E-state index in [-0.39, 0.29) is 25.0 Å². The van der Waals surface area contributed by atoms with Gasteiger partial charge < -0.3 is 19.9 Å². The van der Waals surface area contributed by atoms with Crippen LogP contribution in [0.15, 0.2) is 58.1 Å². The zero-order chi connectivity index (χ0) is 23.5. The van der Waals surface area contributed by atoms with Crippen LogP contribution in [0.2, 0.25) is 5.02 Å². The quantitative estimate of drug-likeness (QED) is 0.460. The molecule has 1 aliphatic rings. The van der Waals surface area contributed by atoms with Gasteiger partial charge in [0.25, 0.3) is 0 Å². The van der Waals surface area contributed by atoms with Crippen molar-refractivity contribution in [1.29, 1.82) is 0 Å². The summed E-state index contributed by atoms with van der Waals surface area (Å²) in [7, 11) is 0. The van der Waals surface area contributed by atoms with Gasteiger partial charge in [0.2, 0.25) is 5.95 Å². The van der Waals surface area contributed by atoms with Gasteiger partial charge in [-0.15, -0.1) is 0 Å². The van der Waals surface area contributed by atoms with Crippen molar-refractivity contribution >= 4 is 23.2 Å². The van der Waals surface area contributed by atoms with E-state index >= 15 is 0 Å². The van der Waals surface area contributed by atoms with Crippen LogP contribution in [-0.2, 0) is 17.8 Å². The predicted molar refractivity (Wildman–Crippen MR) is 124 cm³/mol. The van der Waals surface area contributed by atoms with Crippen molar-refractivity contribution in [1.82, 2.24) is 14.1 Å². The highest BCUT2D eigenvalue weighted by Gasteiger charge is 2.41. The highest BCUT2D eigenvalue weighted by atomic mass is 35.5. The number of benzene rings is 2. The molecule has 1 fully saturated rings. The third-order valence-corrected chi connectivity index (χ3v) is 5.61. The molecule has 9 nitrogen and oxygen atoms in total. The van der Waals surface area contributed by atoms with E-state index in [1.807, 2.05) is 26.0 Å². The molecule has 0 aliphatic carbocycles. The number of aliphatic hydroxyl groups excluding tert-OH is 1. The van der Waals surface area contributed by atoms with Gasteiger partial charge in [-0.1, -0.05) is 30.7 Å². The molecule has 1 aliphatic heterocycles. The van der Waals surface area contributed by atoms with Crippen LogP contribution in [0, 0.1) is 5.92 Å². The summed E-state index contributed by atoms with van der Waals surface area (Å²) in [5, 5.41) is 13.2. The number of ether oxygens (including phenoxy) is 2. The van der Waals surface area contributed by atoms with Crippen LogP contribution in [0.1, 0.15) is 19.4 Å². The van der Waals surface area contributed by atoms with E-state index in [0.717, 1.165) is 10.1 Å². The highest BCUT2D eigenvalue weighted by Crippen LogP contribution is 2.27. The molecule has 0 spiro atoms. The Labute approximate surface area is 195 Å². The summed E-state index contributed by atoms with van der Waals surface area (Å²) in [5.74, 6) is 0.597. The molecule has 1 aromatic heterocycles. The van der Waals surface area contributed by atoms with Crippen molar-refractivity contribution < 1.29 is 14.6 Å². The number of hydrogen-bond donors (Lipinski definition) is 2. The van der Waals surface area contributed by atoms with E-state index in [9.17, 15) is 14.7 Å². The van der Waals surface area contributed by atoms with Crippen LogP contribution in [0.25, 0.3) is 0 Å². The molecular weight excluding hydrogens is 448 g/mol. The summed E-state index contributed by atoms with van der Waals surface area (Å²) in [5.41, 5.74) is 0.274. The van der Waals surface area contributed by atoms with E-state index < -0.39 is 23.8 Å². The fraction of sp³-hybridized carbons (Fsp3) is 0.348. The Balaban J connectivity index is 1.69. The number of aromatic nitrogens is 3. The van der Waals surface area contributed by atoms with E-state index in [0.29, 0.717) is 23.1 Å². The molecular formula is C23H25ClN4O5. The number of rotatable bonds is 9. The zero-order valence-corrected chi connectivity index (χ0v) is 19.0.